The number of nitrogens with zero attached hydrogens (tertiary/aromatic N) is 2. The fraction of sp³-hybridized carbons (Fsp3) is 0.588. The van der Waals surface area contributed by atoms with Gasteiger partial charge in [0, 0.05) is 34.7 Å². The van der Waals surface area contributed by atoms with Gasteiger partial charge in [-0.25, -0.2) is 0 Å². The van der Waals surface area contributed by atoms with Crippen molar-refractivity contribution in [1.82, 2.24) is 0 Å². The van der Waals surface area contributed by atoms with Crippen LogP contribution in [0.15, 0.2) is 34.3 Å². The minimum atomic E-state index is -0.0403. The van der Waals surface area contributed by atoms with E-state index in [0.717, 1.165) is 87.9 Å². The van der Waals surface area contributed by atoms with E-state index < -0.39 is 0 Å². The monoisotopic (exact) mass is 638 g/mol. The van der Waals surface area contributed by atoms with Crippen LogP contribution in [0.1, 0.15) is 74.9 Å². The summed E-state index contributed by atoms with van der Waals surface area (Å²) in [5.74, 6) is 0.626. The van der Waals surface area contributed by atoms with E-state index in [1.807, 2.05) is 12.1 Å². The molecular formula is C34H52N4NiO4+4. The Kier molecular flexibility index (Phi) is 12.8. The Morgan fingerprint density at radius 3 is 1.33 bits per heavy atom. The van der Waals surface area contributed by atoms with Crippen LogP contribution in [-0.2, 0) is 49.9 Å². The van der Waals surface area contributed by atoms with E-state index in [1.54, 1.807) is 12.4 Å². The van der Waals surface area contributed by atoms with Gasteiger partial charge in [0.1, 0.15) is 50.8 Å². The second-order valence-corrected chi connectivity index (χ2v) is 13.8. The molecule has 43 heavy (non-hydrogen) atoms. The van der Waals surface area contributed by atoms with Gasteiger partial charge in [-0.15, -0.1) is 0 Å². The first kappa shape index (κ1) is 35.2. The average molecular weight is 640 g/mol. The summed E-state index contributed by atoms with van der Waals surface area (Å²) in [6.07, 6.45) is 3.55. The van der Waals surface area contributed by atoms with Gasteiger partial charge in [0.25, 0.3) is 0 Å². The number of quaternary nitrogens is 2. The minimum Gasteiger partial charge on any atom is -0.507 e. The molecule has 2 aliphatic heterocycles. The van der Waals surface area contributed by atoms with Crippen LogP contribution < -0.4 is 9.80 Å². The molecule has 0 saturated carbocycles. The molecule has 4 N–H and O–H groups in total. The van der Waals surface area contributed by atoms with Gasteiger partial charge in [0.2, 0.25) is 0 Å². The number of rotatable bonds is 9. The Balaban J connectivity index is 0.00000506. The predicted octanol–water partition coefficient (Wildman–Crippen LogP) is 2.06. The Bertz CT molecular complexity index is 1160. The number of hydrogen-bond acceptors (Lipinski definition) is 6. The Labute approximate surface area is 268 Å². The molecule has 0 radical (unpaired) electrons. The number of phenolic OH excluding ortho intramolecular Hbond substituents is 2. The SMILES string of the molecule is CC(C)(C)c1cc(C=NCCN=Cc2cc(C(C)(C)C)cc(C[NH+]3CCOCC3)c2O)c(O)c(C[NH+]2CCOCC2)c1.[Ni+2]. The molecule has 0 aliphatic carbocycles. The van der Waals surface area contributed by atoms with Gasteiger partial charge in [0.15, 0.2) is 0 Å². The van der Waals surface area contributed by atoms with E-state index in [4.69, 9.17) is 9.47 Å². The predicted molar refractivity (Wildman–Crippen MR) is 169 cm³/mol. The zero-order valence-electron chi connectivity index (χ0n) is 26.9. The standard InChI is InChI=1S/C34H50N4O4.Ni/c1-33(2,3)29-17-25(31(39)27(19-29)23-37-9-13-41-14-10-37)21-35-7-8-36-22-26-18-30(34(4,5)6)20-28(32(26)40)24-38-11-15-42-16-12-38;/h17-22,39-40H,7-16,23-24H2,1-6H3;/q;+2/p+2. The van der Waals surface area contributed by atoms with Gasteiger partial charge in [-0.05, 0) is 46.2 Å². The summed E-state index contributed by atoms with van der Waals surface area (Å²) in [7, 11) is 0. The van der Waals surface area contributed by atoms with E-state index in [1.165, 1.54) is 20.9 Å². The Hall–Kier alpha value is -2.29. The third kappa shape index (κ3) is 10.1. The van der Waals surface area contributed by atoms with Crippen LogP contribution in [0.2, 0.25) is 0 Å². The van der Waals surface area contributed by atoms with Crippen molar-refractivity contribution < 1.29 is 46.0 Å². The van der Waals surface area contributed by atoms with Gasteiger partial charge < -0.3 is 29.5 Å². The normalized spacial score (nSPS) is 17.5. The topological polar surface area (TPSA) is 92.5 Å². The summed E-state index contributed by atoms with van der Waals surface area (Å²) >= 11 is 0. The summed E-state index contributed by atoms with van der Waals surface area (Å²) in [6, 6.07) is 8.39. The van der Waals surface area contributed by atoms with Crippen molar-refractivity contribution in [2.45, 2.75) is 65.5 Å². The first-order valence-electron chi connectivity index (χ1n) is 15.5. The average Bonchev–Trinajstić information content (AvgIpc) is 2.94. The molecule has 4 rings (SSSR count). The van der Waals surface area contributed by atoms with E-state index in [9.17, 15) is 10.2 Å². The van der Waals surface area contributed by atoms with E-state index in [2.05, 4.69) is 63.7 Å². The van der Waals surface area contributed by atoms with Crippen LogP contribution in [0.4, 0.5) is 0 Å². The van der Waals surface area contributed by atoms with Crippen molar-refractivity contribution in [2.24, 2.45) is 9.98 Å². The van der Waals surface area contributed by atoms with E-state index in [-0.39, 0.29) is 27.3 Å². The molecule has 2 aromatic carbocycles. The Morgan fingerprint density at radius 2 is 1.00 bits per heavy atom. The maximum atomic E-state index is 11.1. The van der Waals surface area contributed by atoms with Crippen LogP contribution in [0.5, 0.6) is 11.5 Å². The van der Waals surface area contributed by atoms with Gasteiger partial charge >= 0.3 is 16.5 Å². The minimum absolute atomic E-state index is 0. The number of morpholine rings is 2. The van der Waals surface area contributed by atoms with Gasteiger partial charge in [-0.2, -0.15) is 0 Å². The summed E-state index contributed by atoms with van der Waals surface area (Å²) < 4.78 is 11.0. The number of ether oxygens (including phenoxy) is 2. The number of hydrogen-bond donors (Lipinski definition) is 4. The van der Waals surface area contributed by atoms with E-state index in [0.29, 0.717) is 24.6 Å². The third-order valence-electron chi connectivity index (χ3n) is 8.27. The third-order valence-corrected chi connectivity index (χ3v) is 8.27. The molecule has 9 heteroatoms. The van der Waals surface area contributed by atoms with Crippen LogP contribution in [0.3, 0.4) is 0 Å². The molecule has 2 saturated heterocycles. The second-order valence-electron chi connectivity index (χ2n) is 13.8. The smallest absolute Gasteiger partial charge is 0.507 e. The van der Waals surface area contributed by atoms with E-state index >= 15 is 0 Å². The first-order chi connectivity index (χ1) is 19.9. The summed E-state index contributed by atoms with van der Waals surface area (Å²) in [5.41, 5.74) is 5.71. The maximum absolute atomic E-state index is 11.1. The molecule has 0 amide bonds. The van der Waals surface area contributed by atoms with Crippen LogP contribution in [0.25, 0.3) is 0 Å². The fourth-order valence-electron chi connectivity index (χ4n) is 5.42. The first-order valence-corrected chi connectivity index (χ1v) is 15.5. The quantitative estimate of drug-likeness (QED) is 0.192. The second kappa shape index (κ2) is 15.6. The molecule has 0 bridgehead atoms. The van der Waals surface area contributed by atoms with Crippen LogP contribution >= 0.6 is 0 Å². The molecule has 0 unspecified atom stereocenters. The molecule has 0 aromatic heterocycles. The molecular weight excluding hydrogens is 587 g/mol. The number of benzene rings is 2. The van der Waals surface area contributed by atoms with Gasteiger partial charge in [0.05, 0.1) is 39.5 Å². The van der Waals surface area contributed by atoms with Crippen LogP contribution in [0, 0.1) is 0 Å². The molecule has 2 heterocycles. The van der Waals surface area contributed by atoms with Gasteiger partial charge in [-0.3, -0.25) is 9.98 Å². The zero-order chi connectivity index (χ0) is 30.3. The zero-order valence-corrected chi connectivity index (χ0v) is 27.9. The summed E-state index contributed by atoms with van der Waals surface area (Å²) in [4.78, 5) is 12.1. The number of aromatic hydroxyl groups is 2. The molecule has 2 fully saturated rings. The molecule has 238 valence electrons. The maximum Gasteiger partial charge on any atom is 2.00 e. The molecule has 8 nitrogen and oxygen atoms in total. The summed E-state index contributed by atoms with van der Waals surface area (Å²) in [5, 5.41) is 22.2. The van der Waals surface area contributed by atoms with Crippen molar-refractivity contribution in [3.63, 3.8) is 0 Å². The van der Waals surface area contributed by atoms with Crippen molar-refractivity contribution in [3.8, 4) is 11.5 Å². The number of aliphatic imine (C=N–C) groups is 2. The van der Waals surface area contributed by atoms with Crippen molar-refractivity contribution in [2.75, 3.05) is 65.7 Å². The molecule has 2 aliphatic rings. The van der Waals surface area contributed by atoms with Crippen molar-refractivity contribution >= 4 is 12.4 Å². The van der Waals surface area contributed by atoms with Crippen molar-refractivity contribution in [3.05, 3.63) is 57.6 Å². The Morgan fingerprint density at radius 1 is 0.651 bits per heavy atom. The largest absolute Gasteiger partial charge is 2.00 e. The number of nitrogens with one attached hydrogen (secondary N) is 2. The van der Waals surface area contributed by atoms with Gasteiger partial charge in [-0.1, -0.05) is 41.5 Å². The van der Waals surface area contributed by atoms with Crippen LogP contribution in [-0.4, -0.2) is 88.3 Å². The number of phenols is 2. The molecule has 2 aromatic rings. The fourth-order valence-corrected chi connectivity index (χ4v) is 5.42. The summed E-state index contributed by atoms with van der Waals surface area (Å²) in [6.45, 7) is 22.5. The molecule has 0 spiro atoms. The van der Waals surface area contributed by atoms with Crippen molar-refractivity contribution in [1.29, 1.82) is 0 Å². The molecule has 0 atom stereocenters.